The molecule has 1 aliphatic carbocycles. The van der Waals surface area contributed by atoms with E-state index >= 15 is 0 Å². The normalized spacial score (nSPS) is 19.9. The molecule has 0 amide bonds. The van der Waals surface area contributed by atoms with Crippen LogP contribution < -0.4 is 4.74 Å². The first-order valence-electron chi connectivity index (χ1n) is 11.2. The Morgan fingerprint density at radius 2 is 1.83 bits per heavy atom. The topological polar surface area (TPSA) is 46.5 Å². The van der Waals surface area contributed by atoms with Crippen molar-refractivity contribution in [1.82, 2.24) is 0 Å². The lowest BCUT2D eigenvalue weighted by Crippen LogP contribution is -2.19. The number of carboxylic acid groups (broad SMARTS) is 1. The van der Waals surface area contributed by atoms with Gasteiger partial charge in [-0.25, -0.2) is 4.79 Å². The average Bonchev–Trinajstić information content (AvgIpc) is 3.39. The number of carbonyl (C=O) groups is 1. The van der Waals surface area contributed by atoms with E-state index in [0.717, 1.165) is 30.6 Å². The Labute approximate surface area is 183 Å². The van der Waals surface area contributed by atoms with Crippen LogP contribution >= 0.6 is 0 Å². The minimum atomic E-state index is -0.837. The first-order valence-corrected chi connectivity index (χ1v) is 11.2. The molecule has 2 atom stereocenters. The first-order chi connectivity index (χ1) is 13.8. The molecule has 30 heavy (non-hydrogen) atoms. The van der Waals surface area contributed by atoms with Gasteiger partial charge < -0.3 is 9.84 Å². The van der Waals surface area contributed by atoms with Gasteiger partial charge in [-0.1, -0.05) is 79.7 Å². The fourth-order valence-corrected chi connectivity index (χ4v) is 3.98. The SMILES string of the molecule is C=CC(C)=C(C(=O)O)C1CC1c1cc(C(C)(C)C)cc(C(C)(C)C)c1OCCCC. The van der Waals surface area contributed by atoms with E-state index in [-0.39, 0.29) is 22.7 Å². The number of ether oxygens (including phenoxy) is 1. The van der Waals surface area contributed by atoms with Crippen molar-refractivity contribution in [2.24, 2.45) is 5.92 Å². The number of benzene rings is 1. The molecule has 0 bridgehead atoms. The zero-order valence-electron chi connectivity index (χ0n) is 20.2. The van der Waals surface area contributed by atoms with Crippen LogP contribution in [0.5, 0.6) is 5.75 Å². The molecule has 2 rings (SSSR count). The Balaban J connectivity index is 2.64. The van der Waals surface area contributed by atoms with E-state index in [9.17, 15) is 9.90 Å². The van der Waals surface area contributed by atoms with Crippen LogP contribution in [0.2, 0.25) is 0 Å². The smallest absolute Gasteiger partial charge is 0.332 e. The van der Waals surface area contributed by atoms with Crippen LogP contribution in [0.15, 0.2) is 35.9 Å². The summed E-state index contributed by atoms with van der Waals surface area (Å²) >= 11 is 0. The molecule has 1 aromatic rings. The van der Waals surface area contributed by atoms with Crippen molar-refractivity contribution in [3.8, 4) is 5.75 Å². The van der Waals surface area contributed by atoms with Gasteiger partial charge in [0.2, 0.25) is 0 Å². The van der Waals surface area contributed by atoms with Gasteiger partial charge in [0.05, 0.1) is 6.61 Å². The summed E-state index contributed by atoms with van der Waals surface area (Å²) in [6, 6.07) is 4.56. The molecule has 0 radical (unpaired) electrons. The van der Waals surface area contributed by atoms with E-state index in [1.165, 1.54) is 16.7 Å². The van der Waals surface area contributed by atoms with Crippen LogP contribution in [-0.2, 0) is 15.6 Å². The molecule has 1 saturated carbocycles. The van der Waals surface area contributed by atoms with Gasteiger partial charge in [0, 0.05) is 11.1 Å². The van der Waals surface area contributed by atoms with E-state index < -0.39 is 5.97 Å². The van der Waals surface area contributed by atoms with Gasteiger partial charge in [-0.3, -0.25) is 0 Å². The second-order valence-corrected chi connectivity index (χ2v) is 10.7. The summed E-state index contributed by atoms with van der Waals surface area (Å²) in [6.07, 6.45) is 4.59. The number of unbranched alkanes of at least 4 members (excludes halogenated alkanes) is 1. The fraction of sp³-hybridized carbons (Fsp3) is 0.593. The largest absolute Gasteiger partial charge is 0.493 e. The highest BCUT2D eigenvalue weighted by Gasteiger charge is 2.46. The van der Waals surface area contributed by atoms with E-state index in [1.807, 2.05) is 6.92 Å². The lowest BCUT2D eigenvalue weighted by molar-refractivity contribution is -0.133. The molecule has 0 saturated heterocycles. The molecule has 3 nitrogen and oxygen atoms in total. The number of hydrogen-bond acceptors (Lipinski definition) is 2. The second-order valence-electron chi connectivity index (χ2n) is 10.7. The molecular weight excluding hydrogens is 372 g/mol. The van der Waals surface area contributed by atoms with Gasteiger partial charge in [0.1, 0.15) is 5.75 Å². The van der Waals surface area contributed by atoms with Crippen molar-refractivity contribution >= 4 is 5.97 Å². The number of hydrogen-bond donors (Lipinski definition) is 1. The monoisotopic (exact) mass is 412 g/mol. The Bertz CT molecular complexity index is 831. The van der Waals surface area contributed by atoms with E-state index in [2.05, 4.69) is 67.2 Å². The summed E-state index contributed by atoms with van der Waals surface area (Å²) < 4.78 is 6.40. The lowest BCUT2D eigenvalue weighted by Gasteiger charge is -2.29. The van der Waals surface area contributed by atoms with Crippen LogP contribution in [0.3, 0.4) is 0 Å². The summed E-state index contributed by atoms with van der Waals surface area (Å²) in [7, 11) is 0. The third kappa shape index (κ3) is 5.36. The molecule has 1 aromatic carbocycles. The number of carboxylic acids is 1. The summed E-state index contributed by atoms with van der Waals surface area (Å²) in [5.41, 5.74) is 4.85. The molecule has 166 valence electrons. The van der Waals surface area contributed by atoms with E-state index in [0.29, 0.717) is 12.2 Å². The van der Waals surface area contributed by atoms with Crippen molar-refractivity contribution in [3.05, 3.63) is 52.6 Å². The van der Waals surface area contributed by atoms with Crippen molar-refractivity contribution in [2.45, 2.75) is 91.4 Å². The molecule has 0 spiro atoms. The van der Waals surface area contributed by atoms with Gasteiger partial charge in [-0.15, -0.1) is 0 Å². The van der Waals surface area contributed by atoms with Crippen molar-refractivity contribution < 1.29 is 14.6 Å². The molecule has 1 aliphatic rings. The van der Waals surface area contributed by atoms with E-state index in [4.69, 9.17) is 4.74 Å². The lowest BCUT2D eigenvalue weighted by atomic mass is 9.78. The zero-order chi connectivity index (χ0) is 22.9. The number of aliphatic carboxylic acids is 1. The molecule has 0 aromatic heterocycles. The minimum absolute atomic E-state index is 0.00356. The molecule has 0 heterocycles. The Morgan fingerprint density at radius 3 is 2.30 bits per heavy atom. The van der Waals surface area contributed by atoms with Crippen molar-refractivity contribution in [3.63, 3.8) is 0 Å². The molecule has 3 heteroatoms. The summed E-state index contributed by atoms with van der Waals surface area (Å²) in [4.78, 5) is 12.0. The molecule has 2 unspecified atom stereocenters. The molecule has 0 aliphatic heterocycles. The van der Waals surface area contributed by atoms with Gasteiger partial charge in [0.25, 0.3) is 0 Å². The first kappa shape index (κ1) is 24.2. The quantitative estimate of drug-likeness (QED) is 0.280. The fourth-order valence-electron chi connectivity index (χ4n) is 3.98. The van der Waals surface area contributed by atoms with Gasteiger partial charge >= 0.3 is 5.97 Å². The third-order valence-electron chi connectivity index (χ3n) is 6.06. The standard InChI is InChI=1S/C27H40O3/c1-10-12-13-30-24-21(19-16-20(19)23(25(28)29)17(3)11-2)14-18(26(4,5)6)15-22(24)27(7,8)9/h11,14-15,19-20H,2,10,12-13,16H2,1,3-9H3,(H,28,29). The zero-order valence-corrected chi connectivity index (χ0v) is 20.2. The van der Waals surface area contributed by atoms with Crippen LogP contribution in [-0.4, -0.2) is 17.7 Å². The summed E-state index contributed by atoms with van der Waals surface area (Å²) in [5.74, 6) is 0.317. The highest BCUT2D eigenvalue weighted by Crippen LogP contribution is 2.56. The maximum atomic E-state index is 12.0. The average molecular weight is 413 g/mol. The van der Waals surface area contributed by atoms with Crippen LogP contribution in [0.1, 0.15) is 97.3 Å². The van der Waals surface area contributed by atoms with E-state index in [1.54, 1.807) is 6.08 Å². The van der Waals surface area contributed by atoms with Crippen molar-refractivity contribution in [2.75, 3.05) is 6.61 Å². The van der Waals surface area contributed by atoms with Crippen LogP contribution in [0.25, 0.3) is 0 Å². The maximum absolute atomic E-state index is 12.0. The molecule has 1 N–H and O–H groups in total. The number of rotatable bonds is 8. The Hall–Kier alpha value is -2.03. The minimum Gasteiger partial charge on any atom is -0.493 e. The van der Waals surface area contributed by atoms with Gasteiger partial charge in [-0.05, 0) is 59.1 Å². The predicted octanol–water partition coefficient (Wildman–Crippen LogP) is 7.15. The second kappa shape index (κ2) is 8.99. The van der Waals surface area contributed by atoms with Gasteiger partial charge in [-0.2, -0.15) is 0 Å². The van der Waals surface area contributed by atoms with Crippen molar-refractivity contribution in [1.29, 1.82) is 0 Å². The molecular formula is C27H40O3. The maximum Gasteiger partial charge on any atom is 0.332 e. The third-order valence-corrected chi connectivity index (χ3v) is 6.06. The van der Waals surface area contributed by atoms with Crippen LogP contribution in [0, 0.1) is 5.92 Å². The number of allylic oxidation sites excluding steroid dienone is 2. The van der Waals surface area contributed by atoms with Gasteiger partial charge in [0.15, 0.2) is 0 Å². The molecule has 1 fully saturated rings. The van der Waals surface area contributed by atoms with Crippen LogP contribution in [0.4, 0.5) is 0 Å². The highest BCUT2D eigenvalue weighted by molar-refractivity contribution is 5.89. The summed E-state index contributed by atoms with van der Waals surface area (Å²) in [6.45, 7) is 21.8. The Kier molecular flexibility index (Phi) is 7.27. The Morgan fingerprint density at radius 1 is 1.20 bits per heavy atom. The highest BCUT2D eigenvalue weighted by atomic mass is 16.5. The summed E-state index contributed by atoms with van der Waals surface area (Å²) in [5, 5.41) is 9.82. The predicted molar refractivity (Wildman–Crippen MR) is 126 cm³/mol.